The number of sulfonamides is 1. The molecule has 0 atom stereocenters. The van der Waals surface area contributed by atoms with Gasteiger partial charge in [0.05, 0.1) is 9.82 Å². The Hall–Kier alpha value is -4.06. The molecule has 1 aliphatic heterocycles. The van der Waals surface area contributed by atoms with E-state index in [1.807, 2.05) is 4.90 Å². The van der Waals surface area contributed by atoms with Gasteiger partial charge < -0.3 is 9.80 Å². The zero-order valence-electron chi connectivity index (χ0n) is 18.7. The lowest BCUT2D eigenvalue weighted by molar-refractivity contribution is -0.385. The van der Waals surface area contributed by atoms with Gasteiger partial charge in [0.1, 0.15) is 17.8 Å². The maximum absolute atomic E-state index is 13.2. The average Bonchev–Trinajstić information content (AvgIpc) is 2.85. The number of aryl methyl sites for hydroxylation is 1. The number of halogens is 1. The fraction of sp³-hybridized carbons (Fsp3) is 0.217. The Morgan fingerprint density at radius 1 is 1.06 bits per heavy atom. The topological polar surface area (TPSA) is 126 Å². The van der Waals surface area contributed by atoms with Crippen molar-refractivity contribution < 1.29 is 22.5 Å². The molecule has 1 amide bonds. The SMILES string of the molecule is Cc1ccc(S(=O)(=O)Nc2ccc(F)cc2)cc1C(=O)N1CCN(c2ccc([N+](=O)[O-])cn2)CC1. The molecule has 0 spiro atoms. The van der Waals surface area contributed by atoms with Crippen molar-refractivity contribution in [2.24, 2.45) is 0 Å². The second-order valence-corrected chi connectivity index (χ2v) is 9.68. The van der Waals surface area contributed by atoms with E-state index in [-0.39, 0.29) is 27.7 Å². The van der Waals surface area contributed by atoms with E-state index < -0.39 is 20.8 Å². The molecular weight excluding hydrogens is 477 g/mol. The van der Waals surface area contributed by atoms with Crippen molar-refractivity contribution in [2.45, 2.75) is 11.8 Å². The fourth-order valence-electron chi connectivity index (χ4n) is 3.71. The molecule has 1 saturated heterocycles. The van der Waals surface area contributed by atoms with Crippen LogP contribution in [0, 0.1) is 22.9 Å². The van der Waals surface area contributed by atoms with Crippen LogP contribution in [-0.4, -0.2) is 55.3 Å². The highest BCUT2D eigenvalue weighted by molar-refractivity contribution is 7.92. The van der Waals surface area contributed by atoms with Gasteiger partial charge in [0.15, 0.2) is 0 Å². The molecule has 182 valence electrons. The van der Waals surface area contributed by atoms with E-state index in [9.17, 15) is 27.7 Å². The van der Waals surface area contributed by atoms with E-state index in [1.54, 1.807) is 24.0 Å². The number of aromatic nitrogens is 1. The molecule has 0 radical (unpaired) electrons. The number of carbonyl (C=O) groups excluding carboxylic acids is 1. The Morgan fingerprint density at radius 3 is 2.34 bits per heavy atom. The minimum Gasteiger partial charge on any atom is -0.353 e. The molecule has 1 fully saturated rings. The highest BCUT2D eigenvalue weighted by Crippen LogP contribution is 2.22. The number of hydrogen-bond donors (Lipinski definition) is 1. The maximum atomic E-state index is 13.2. The molecule has 2 aromatic carbocycles. The van der Waals surface area contributed by atoms with Gasteiger partial charge in [-0.05, 0) is 55.0 Å². The van der Waals surface area contributed by atoms with Crippen molar-refractivity contribution in [1.82, 2.24) is 9.88 Å². The van der Waals surface area contributed by atoms with Gasteiger partial charge in [-0.3, -0.25) is 19.6 Å². The van der Waals surface area contributed by atoms with Crippen molar-refractivity contribution in [3.8, 4) is 0 Å². The summed E-state index contributed by atoms with van der Waals surface area (Å²) in [5, 5.41) is 10.8. The molecule has 1 aromatic heterocycles. The molecule has 3 aromatic rings. The summed E-state index contributed by atoms with van der Waals surface area (Å²) < 4.78 is 41.2. The number of nitrogens with zero attached hydrogens (tertiary/aromatic N) is 4. The van der Waals surface area contributed by atoms with Gasteiger partial charge in [-0.15, -0.1) is 0 Å². The first-order valence-electron chi connectivity index (χ1n) is 10.7. The van der Waals surface area contributed by atoms with Crippen LogP contribution >= 0.6 is 0 Å². The first-order valence-corrected chi connectivity index (χ1v) is 12.2. The Labute approximate surface area is 201 Å². The van der Waals surface area contributed by atoms with Gasteiger partial charge in [-0.25, -0.2) is 17.8 Å². The first kappa shape index (κ1) is 24.1. The molecule has 0 saturated carbocycles. The van der Waals surface area contributed by atoms with Crippen LogP contribution in [0.15, 0.2) is 65.7 Å². The summed E-state index contributed by atoms with van der Waals surface area (Å²) in [7, 11) is -3.99. The minimum absolute atomic E-state index is 0.0792. The zero-order chi connectivity index (χ0) is 25.2. The quantitative estimate of drug-likeness (QED) is 0.408. The zero-order valence-corrected chi connectivity index (χ0v) is 19.5. The molecule has 4 rings (SSSR count). The van der Waals surface area contributed by atoms with Crippen LogP contribution in [0.2, 0.25) is 0 Å². The second-order valence-electron chi connectivity index (χ2n) is 8.00. The van der Waals surface area contributed by atoms with Crippen molar-refractivity contribution >= 4 is 33.1 Å². The Bertz CT molecular complexity index is 1360. The van der Waals surface area contributed by atoms with Gasteiger partial charge in [0.2, 0.25) is 0 Å². The molecule has 1 aliphatic rings. The molecule has 1 N–H and O–H groups in total. The largest absolute Gasteiger partial charge is 0.353 e. The number of piperazine rings is 1. The second kappa shape index (κ2) is 9.66. The highest BCUT2D eigenvalue weighted by atomic mass is 32.2. The molecule has 12 heteroatoms. The third-order valence-corrected chi connectivity index (χ3v) is 7.06. The van der Waals surface area contributed by atoms with Crippen LogP contribution in [0.1, 0.15) is 15.9 Å². The van der Waals surface area contributed by atoms with Crippen LogP contribution in [0.25, 0.3) is 0 Å². The lowest BCUT2D eigenvalue weighted by Gasteiger charge is -2.35. The van der Waals surface area contributed by atoms with Crippen LogP contribution in [0.4, 0.5) is 21.6 Å². The standard InChI is InChI=1S/C23H22FN5O5S/c1-16-2-8-20(35(33,34)26-18-5-3-17(24)4-6-18)14-21(16)23(30)28-12-10-27(11-13-28)22-9-7-19(15-25-22)29(31)32/h2-9,14-15,26H,10-13H2,1H3. The van der Waals surface area contributed by atoms with Crippen LogP contribution in [-0.2, 0) is 10.0 Å². The van der Waals surface area contributed by atoms with Crippen molar-refractivity contribution in [1.29, 1.82) is 0 Å². The van der Waals surface area contributed by atoms with Crippen LogP contribution in [0.3, 0.4) is 0 Å². The number of nitro groups is 1. The lowest BCUT2D eigenvalue weighted by atomic mass is 10.1. The third kappa shape index (κ3) is 5.38. The summed E-state index contributed by atoms with van der Waals surface area (Å²) in [6, 6.07) is 12.2. The lowest BCUT2D eigenvalue weighted by Crippen LogP contribution is -2.49. The monoisotopic (exact) mass is 499 g/mol. The highest BCUT2D eigenvalue weighted by Gasteiger charge is 2.26. The van der Waals surface area contributed by atoms with Gasteiger partial charge >= 0.3 is 0 Å². The number of pyridine rings is 1. The Morgan fingerprint density at radius 2 is 1.74 bits per heavy atom. The Kier molecular flexibility index (Phi) is 6.65. The van der Waals surface area contributed by atoms with Gasteiger partial charge in [0.25, 0.3) is 21.6 Å². The van der Waals surface area contributed by atoms with E-state index in [4.69, 9.17) is 0 Å². The molecule has 0 unspecified atom stereocenters. The average molecular weight is 500 g/mol. The number of carbonyl (C=O) groups is 1. The summed E-state index contributed by atoms with van der Waals surface area (Å²) >= 11 is 0. The fourth-order valence-corrected chi connectivity index (χ4v) is 4.80. The summed E-state index contributed by atoms with van der Waals surface area (Å²) in [5.74, 6) is -0.197. The Balaban J connectivity index is 1.46. The maximum Gasteiger partial charge on any atom is 0.287 e. The molecule has 0 bridgehead atoms. The summed E-state index contributed by atoms with van der Waals surface area (Å²) in [6.45, 7) is 3.43. The first-order chi connectivity index (χ1) is 16.6. The van der Waals surface area contributed by atoms with Gasteiger partial charge in [-0.1, -0.05) is 6.07 Å². The number of anilines is 2. The van der Waals surface area contributed by atoms with E-state index in [2.05, 4.69) is 9.71 Å². The van der Waals surface area contributed by atoms with Crippen LogP contribution < -0.4 is 9.62 Å². The number of rotatable bonds is 6. The normalized spacial score (nSPS) is 14.0. The predicted octanol–water partition coefficient (Wildman–Crippen LogP) is 3.20. The van der Waals surface area contributed by atoms with Gasteiger partial charge in [0, 0.05) is 43.5 Å². The molecule has 2 heterocycles. The smallest absolute Gasteiger partial charge is 0.287 e. The van der Waals surface area contributed by atoms with E-state index in [0.29, 0.717) is 37.6 Å². The van der Waals surface area contributed by atoms with Crippen molar-refractivity contribution in [2.75, 3.05) is 35.8 Å². The number of nitrogens with one attached hydrogen (secondary N) is 1. The summed E-state index contributed by atoms with van der Waals surface area (Å²) in [4.78, 5) is 31.1. The van der Waals surface area contributed by atoms with E-state index in [1.165, 1.54) is 36.5 Å². The van der Waals surface area contributed by atoms with E-state index in [0.717, 1.165) is 12.1 Å². The van der Waals surface area contributed by atoms with Crippen molar-refractivity contribution in [3.63, 3.8) is 0 Å². The van der Waals surface area contributed by atoms with Crippen LogP contribution in [0.5, 0.6) is 0 Å². The van der Waals surface area contributed by atoms with Gasteiger partial charge in [-0.2, -0.15) is 0 Å². The predicted molar refractivity (Wildman–Crippen MR) is 127 cm³/mol. The van der Waals surface area contributed by atoms with Crippen molar-refractivity contribution in [3.05, 3.63) is 87.9 Å². The molecule has 10 nitrogen and oxygen atoms in total. The molecular formula is C23H22FN5O5S. The third-order valence-electron chi connectivity index (χ3n) is 5.68. The molecule has 0 aliphatic carbocycles. The van der Waals surface area contributed by atoms with E-state index >= 15 is 0 Å². The summed E-state index contributed by atoms with van der Waals surface area (Å²) in [5.41, 5.74) is 1.02. The molecule has 35 heavy (non-hydrogen) atoms. The number of hydrogen-bond acceptors (Lipinski definition) is 7. The number of benzene rings is 2. The number of amides is 1. The minimum atomic E-state index is -3.99. The summed E-state index contributed by atoms with van der Waals surface area (Å²) in [6.07, 6.45) is 1.20.